The first kappa shape index (κ1) is 26.9. The Kier molecular flexibility index (Phi) is 7.30. The van der Waals surface area contributed by atoms with Crippen LogP contribution in [-0.2, 0) is 18.4 Å². The molecule has 0 spiro atoms. The van der Waals surface area contributed by atoms with Crippen molar-refractivity contribution in [2.75, 3.05) is 5.32 Å². The second-order valence-corrected chi connectivity index (χ2v) is 9.92. The number of nitrogens with one attached hydrogen (secondary N) is 2. The molecule has 5 rings (SSSR count). The Labute approximate surface area is 229 Å². The molecule has 0 atom stereocenters. The van der Waals surface area contributed by atoms with Crippen molar-refractivity contribution < 1.29 is 32.6 Å². The van der Waals surface area contributed by atoms with Crippen molar-refractivity contribution >= 4 is 55.4 Å². The lowest BCUT2D eigenvalue weighted by Crippen LogP contribution is -2.23. The van der Waals surface area contributed by atoms with E-state index >= 15 is 0 Å². The van der Waals surface area contributed by atoms with Gasteiger partial charge in [-0.3, -0.25) is 9.59 Å². The third-order valence-electron chi connectivity index (χ3n) is 6.02. The third-order valence-corrected chi connectivity index (χ3v) is 6.95. The fourth-order valence-corrected chi connectivity index (χ4v) is 4.90. The Hall–Kier alpha value is -4.65. The number of aryl methyl sites for hydroxylation is 1. The standard InChI is InChI=1S/C27H22F3N5O4S/c1-35-21-9-4-16(22(37)10-11-24(38)31-14-15-2-5-17(36)6-3-15)12-20(21)32-25(35)34-26-33-19-8-7-18(13-23(19)40-26)39-27(28,29)30/h2-9,12-13,36H,10-11,14H2,1H3,(H,31,38)(H,32,33,34). The fraction of sp³-hybridized carbons (Fsp3) is 0.185. The van der Waals surface area contributed by atoms with Gasteiger partial charge in [0.2, 0.25) is 11.9 Å². The highest BCUT2D eigenvalue weighted by Crippen LogP contribution is 2.33. The number of thiazole rings is 1. The summed E-state index contributed by atoms with van der Waals surface area (Å²) < 4.78 is 43.8. The molecule has 9 nitrogen and oxygen atoms in total. The zero-order valence-corrected chi connectivity index (χ0v) is 21.8. The summed E-state index contributed by atoms with van der Waals surface area (Å²) in [5.41, 5.74) is 3.04. The Bertz CT molecular complexity index is 1710. The first-order valence-corrected chi connectivity index (χ1v) is 12.8. The number of aromatic hydroxyl groups is 1. The van der Waals surface area contributed by atoms with Crippen molar-refractivity contribution in [3.05, 3.63) is 71.8 Å². The number of hydrogen-bond acceptors (Lipinski definition) is 8. The number of anilines is 2. The lowest BCUT2D eigenvalue weighted by Gasteiger charge is -2.07. The monoisotopic (exact) mass is 569 g/mol. The molecule has 0 aliphatic carbocycles. The van der Waals surface area contributed by atoms with Crippen LogP contribution in [-0.4, -0.2) is 37.7 Å². The summed E-state index contributed by atoms with van der Waals surface area (Å²) in [6.45, 7) is 0.292. The minimum atomic E-state index is -4.78. The number of carbonyl (C=O) groups excluding carboxylic acids is 2. The number of Topliss-reactive ketones (excluding diaryl/α,β-unsaturated/α-hetero) is 1. The lowest BCUT2D eigenvalue weighted by atomic mass is 10.1. The molecule has 2 aromatic heterocycles. The van der Waals surface area contributed by atoms with Crippen LogP contribution in [0.1, 0.15) is 28.8 Å². The molecule has 0 aliphatic rings. The van der Waals surface area contributed by atoms with Gasteiger partial charge >= 0.3 is 6.36 Å². The summed E-state index contributed by atoms with van der Waals surface area (Å²) in [6, 6.07) is 15.5. The van der Waals surface area contributed by atoms with Crippen molar-refractivity contribution in [1.29, 1.82) is 0 Å². The summed E-state index contributed by atoms with van der Waals surface area (Å²) in [6.07, 6.45) is -4.73. The number of imidazole rings is 1. The summed E-state index contributed by atoms with van der Waals surface area (Å²) in [7, 11) is 1.78. The van der Waals surface area contributed by atoms with Crippen molar-refractivity contribution in [1.82, 2.24) is 19.9 Å². The number of nitrogens with zero attached hydrogens (tertiary/aromatic N) is 3. The maximum atomic E-state index is 12.8. The molecule has 0 aliphatic heterocycles. The highest BCUT2D eigenvalue weighted by Gasteiger charge is 2.31. The molecular weight excluding hydrogens is 547 g/mol. The number of ether oxygens (including phenoxy) is 1. The zero-order valence-electron chi connectivity index (χ0n) is 21.0. The first-order chi connectivity index (χ1) is 19.0. The van der Waals surface area contributed by atoms with Gasteiger partial charge in [-0.05, 0) is 48.0 Å². The van der Waals surface area contributed by atoms with E-state index in [1.165, 1.54) is 30.3 Å². The SMILES string of the molecule is Cn1c(Nc2nc3ccc(OC(F)(F)F)cc3s2)nc2cc(C(=O)CCC(=O)NCc3ccc(O)cc3)ccc21. The first-order valence-electron chi connectivity index (χ1n) is 12.0. The number of aromatic nitrogens is 3. The van der Waals surface area contributed by atoms with Gasteiger partial charge in [0.05, 0.1) is 21.3 Å². The van der Waals surface area contributed by atoms with E-state index in [2.05, 4.69) is 25.3 Å². The average Bonchev–Trinajstić information content (AvgIpc) is 3.45. The summed E-state index contributed by atoms with van der Waals surface area (Å²) in [4.78, 5) is 33.9. The fourth-order valence-electron chi connectivity index (χ4n) is 4.01. The van der Waals surface area contributed by atoms with Crippen LogP contribution in [0.25, 0.3) is 21.3 Å². The quantitative estimate of drug-likeness (QED) is 0.192. The number of ketones is 1. The maximum Gasteiger partial charge on any atom is 0.573 e. The zero-order chi connectivity index (χ0) is 28.4. The van der Waals surface area contributed by atoms with Gasteiger partial charge in [0.1, 0.15) is 11.5 Å². The third kappa shape index (κ3) is 6.31. The molecule has 2 heterocycles. The van der Waals surface area contributed by atoms with Crippen LogP contribution in [0, 0.1) is 0 Å². The normalized spacial score (nSPS) is 11.6. The smallest absolute Gasteiger partial charge is 0.508 e. The molecule has 206 valence electrons. The highest BCUT2D eigenvalue weighted by molar-refractivity contribution is 7.22. The summed E-state index contributed by atoms with van der Waals surface area (Å²) in [5, 5.41) is 15.6. The van der Waals surface area contributed by atoms with E-state index in [0.717, 1.165) is 22.4 Å². The van der Waals surface area contributed by atoms with Gasteiger partial charge < -0.3 is 25.0 Å². The number of rotatable bonds is 9. The van der Waals surface area contributed by atoms with E-state index < -0.39 is 6.36 Å². The molecule has 0 saturated carbocycles. The van der Waals surface area contributed by atoms with E-state index in [1.807, 2.05) is 0 Å². The van der Waals surface area contributed by atoms with Crippen LogP contribution < -0.4 is 15.4 Å². The Morgan fingerprint density at radius 2 is 1.77 bits per heavy atom. The second-order valence-electron chi connectivity index (χ2n) is 8.89. The van der Waals surface area contributed by atoms with E-state index in [9.17, 15) is 27.9 Å². The largest absolute Gasteiger partial charge is 0.573 e. The highest BCUT2D eigenvalue weighted by atomic mass is 32.1. The predicted octanol–water partition coefficient (Wildman–Crippen LogP) is 5.81. The van der Waals surface area contributed by atoms with Gasteiger partial charge in [-0.25, -0.2) is 9.97 Å². The summed E-state index contributed by atoms with van der Waals surface area (Å²) in [5.74, 6) is -0.226. The Balaban J connectivity index is 1.23. The van der Waals surface area contributed by atoms with Crippen molar-refractivity contribution in [2.24, 2.45) is 7.05 Å². The molecule has 3 aromatic carbocycles. The number of halogens is 3. The number of fused-ring (bicyclic) bond motifs is 2. The van der Waals surface area contributed by atoms with Crippen LogP contribution in [0.5, 0.6) is 11.5 Å². The lowest BCUT2D eigenvalue weighted by molar-refractivity contribution is -0.274. The molecule has 5 aromatic rings. The van der Waals surface area contributed by atoms with Crippen molar-refractivity contribution in [2.45, 2.75) is 25.7 Å². The van der Waals surface area contributed by atoms with Crippen molar-refractivity contribution in [3.8, 4) is 11.5 Å². The van der Waals surface area contributed by atoms with Gasteiger partial charge in [0, 0.05) is 38.1 Å². The molecule has 13 heteroatoms. The van der Waals surface area contributed by atoms with Crippen LogP contribution in [0.3, 0.4) is 0 Å². The number of phenols is 1. The van der Waals surface area contributed by atoms with Gasteiger partial charge in [0.25, 0.3) is 0 Å². The van der Waals surface area contributed by atoms with Gasteiger partial charge in [0.15, 0.2) is 10.9 Å². The van der Waals surface area contributed by atoms with Gasteiger partial charge in [-0.15, -0.1) is 13.2 Å². The molecule has 1 amide bonds. The van der Waals surface area contributed by atoms with E-state index in [0.29, 0.717) is 38.9 Å². The topological polar surface area (TPSA) is 118 Å². The van der Waals surface area contributed by atoms with Crippen LogP contribution in [0.4, 0.5) is 24.3 Å². The number of alkyl halides is 3. The average molecular weight is 570 g/mol. The molecule has 0 bridgehead atoms. The molecule has 0 fully saturated rings. The number of hydrogen-bond donors (Lipinski definition) is 3. The predicted molar refractivity (Wildman–Crippen MR) is 144 cm³/mol. The summed E-state index contributed by atoms with van der Waals surface area (Å²) >= 11 is 1.15. The van der Waals surface area contributed by atoms with E-state index in [1.54, 1.807) is 41.9 Å². The molecule has 3 N–H and O–H groups in total. The Morgan fingerprint density at radius 3 is 2.52 bits per heavy atom. The number of benzene rings is 3. The van der Waals surface area contributed by atoms with E-state index in [-0.39, 0.29) is 36.0 Å². The number of amides is 1. The van der Waals surface area contributed by atoms with Crippen molar-refractivity contribution in [3.63, 3.8) is 0 Å². The minimum Gasteiger partial charge on any atom is -0.508 e. The van der Waals surface area contributed by atoms with Gasteiger partial charge in [-0.2, -0.15) is 0 Å². The maximum absolute atomic E-state index is 12.8. The molecule has 0 unspecified atom stereocenters. The number of phenolic OH excluding ortho intramolecular Hbond substituents is 1. The molecule has 0 saturated heterocycles. The van der Waals surface area contributed by atoms with Crippen LogP contribution in [0.2, 0.25) is 0 Å². The van der Waals surface area contributed by atoms with E-state index in [4.69, 9.17) is 0 Å². The molecule has 0 radical (unpaired) electrons. The minimum absolute atomic E-state index is 0.0244. The Morgan fingerprint density at radius 1 is 1.00 bits per heavy atom. The van der Waals surface area contributed by atoms with Gasteiger partial charge in [-0.1, -0.05) is 23.5 Å². The van der Waals surface area contributed by atoms with Crippen LogP contribution >= 0.6 is 11.3 Å². The molecule has 40 heavy (non-hydrogen) atoms. The van der Waals surface area contributed by atoms with Crippen LogP contribution in [0.15, 0.2) is 60.7 Å². The number of carbonyl (C=O) groups is 2. The second kappa shape index (κ2) is 10.8. The molecular formula is C27H22F3N5O4S.